The van der Waals surface area contributed by atoms with Crippen LogP contribution in [0.3, 0.4) is 0 Å². The van der Waals surface area contributed by atoms with Gasteiger partial charge < -0.3 is 4.90 Å². The summed E-state index contributed by atoms with van der Waals surface area (Å²) in [4.78, 5) is 6.41. The lowest BCUT2D eigenvalue weighted by molar-refractivity contribution is 0.590. The van der Waals surface area contributed by atoms with Gasteiger partial charge in [-0.1, -0.05) is 11.6 Å². The number of aromatic nitrogens is 1. The molecule has 2 nitrogen and oxygen atoms in total. The van der Waals surface area contributed by atoms with Crippen LogP contribution in [0.15, 0.2) is 18.3 Å². The maximum Gasteiger partial charge on any atom is 0.131 e. The summed E-state index contributed by atoms with van der Waals surface area (Å²) in [6.07, 6.45) is 6.57. The Balaban J connectivity index is 2.09. The molecule has 1 fully saturated rings. The van der Waals surface area contributed by atoms with E-state index in [0.29, 0.717) is 5.15 Å². The second kappa shape index (κ2) is 5.08. The van der Waals surface area contributed by atoms with Crippen molar-refractivity contribution in [3.63, 3.8) is 0 Å². The van der Waals surface area contributed by atoms with E-state index in [1.807, 2.05) is 23.9 Å². The topological polar surface area (TPSA) is 16.1 Å². The average Bonchev–Trinajstić information content (AvgIpc) is 2.29. The maximum absolute atomic E-state index is 5.89. The fraction of sp³-hybridized carbons (Fsp3) is 0.545. The van der Waals surface area contributed by atoms with Crippen LogP contribution in [-0.2, 0) is 0 Å². The predicted molar refractivity (Wildman–Crippen MR) is 68.0 cm³/mol. The molecule has 0 aliphatic carbocycles. The Hall–Kier alpha value is -0.410. The van der Waals surface area contributed by atoms with Gasteiger partial charge in [-0.3, -0.25) is 0 Å². The number of hydrogen-bond donors (Lipinski definition) is 0. The molecule has 82 valence electrons. The summed E-state index contributed by atoms with van der Waals surface area (Å²) in [6, 6.07) is 3.98. The Bertz CT molecular complexity index is 332. The molecule has 0 spiro atoms. The van der Waals surface area contributed by atoms with Gasteiger partial charge in [0, 0.05) is 30.2 Å². The molecule has 0 radical (unpaired) electrons. The summed E-state index contributed by atoms with van der Waals surface area (Å²) in [7, 11) is 0. The molecular weight excluding hydrogens is 228 g/mol. The zero-order valence-electron chi connectivity index (χ0n) is 8.82. The van der Waals surface area contributed by atoms with Gasteiger partial charge in [0.1, 0.15) is 5.15 Å². The van der Waals surface area contributed by atoms with Gasteiger partial charge >= 0.3 is 0 Å². The molecule has 1 atom stereocenters. The molecule has 2 rings (SSSR count). The van der Waals surface area contributed by atoms with E-state index in [0.717, 1.165) is 18.3 Å². The van der Waals surface area contributed by atoms with Gasteiger partial charge in [-0.05, 0) is 31.2 Å². The Morgan fingerprint density at radius 1 is 1.60 bits per heavy atom. The molecule has 1 saturated heterocycles. The molecule has 4 heteroatoms. The lowest BCUT2D eigenvalue weighted by Crippen LogP contribution is -2.36. The normalized spacial score (nSPS) is 21.7. The number of pyridine rings is 1. The third-order valence-electron chi connectivity index (χ3n) is 2.79. The monoisotopic (exact) mass is 242 g/mol. The number of hydrogen-bond acceptors (Lipinski definition) is 3. The average molecular weight is 243 g/mol. The molecule has 0 N–H and O–H groups in total. The van der Waals surface area contributed by atoms with Crippen LogP contribution in [0.25, 0.3) is 0 Å². The summed E-state index contributed by atoms with van der Waals surface area (Å²) < 4.78 is 0. The van der Waals surface area contributed by atoms with Crippen molar-refractivity contribution >= 4 is 29.1 Å². The van der Waals surface area contributed by atoms with Crippen molar-refractivity contribution in [1.29, 1.82) is 0 Å². The number of nitrogens with zero attached hydrogens (tertiary/aromatic N) is 2. The number of rotatable bonds is 2. The van der Waals surface area contributed by atoms with Crippen molar-refractivity contribution in [3.8, 4) is 0 Å². The molecular formula is C11H15ClN2S. The first-order valence-electron chi connectivity index (χ1n) is 5.19. The first-order valence-corrected chi connectivity index (χ1v) is 6.85. The van der Waals surface area contributed by atoms with Crippen LogP contribution in [0, 0.1) is 0 Å². The zero-order chi connectivity index (χ0) is 10.7. The molecule has 1 aromatic heterocycles. The highest BCUT2D eigenvalue weighted by molar-refractivity contribution is 7.99. The van der Waals surface area contributed by atoms with Gasteiger partial charge in [0.05, 0.1) is 0 Å². The van der Waals surface area contributed by atoms with Crippen LogP contribution in [0.4, 0.5) is 5.69 Å². The summed E-state index contributed by atoms with van der Waals surface area (Å²) >= 11 is 7.85. The lowest BCUT2D eigenvalue weighted by Gasteiger charge is -2.33. The molecule has 15 heavy (non-hydrogen) atoms. The molecule has 1 aromatic rings. The number of anilines is 1. The highest BCUT2D eigenvalue weighted by Crippen LogP contribution is 2.25. The third-order valence-corrected chi connectivity index (χ3v) is 4.04. The molecule has 2 heterocycles. The van der Waals surface area contributed by atoms with Crippen LogP contribution < -0.4 is 4.90 Å². The van der Waals surface area contributed by atoms with Crippen LogP contribution in [0.2, 0.25) is 5.15 Å². The van der Waals surface area contributed by atoms with Crippen LogP contribution >= 0.6 is 23.4 Å². The molecule has 1 aliphatic rings. The predicted octanol–water partition coefficient (Wildman–Crippen LogP) is 3.07. The van der Waals surface area contributed by atoms with Crippen molar-refractivity contribution in [2.24, 2.45) is 0 Å². The smallest absolute Gasteiger partial charge is 0.131 e. The highest BCUT2D eigenvalue weighted by Gasteiger charge is 2.19. The Morgan fingerprint density at radius 3 is 3.20 bits per heavy atom. The van der Waals surface area contributed by atoms with Gasteiger partial charge in [-0.2, -0.15) is 11.8 Å². The standard InChI is InChI=1S/C11H15ClN2S/c1-15-10-3-2-6-14(8-10)9-4-5-13-11(12)7-9/h4-5,7,10H,2-3,6,8H2,1H3. The fourth-order valence-corrected chi connectivity index (χ4v) is 2.85. The van der Waals surface area contributed by atoms with Crippen LogP contribution in [0.1, 0.15) is 12.8 Å². The second-order valence-corrected chi connectivity index (χ2v) is 5.31. The quantitative estimate of drug-likeness (QED) is 0.742. The van der Waals surface area contributed by atoms with Crippen molar-refractivity contribution in [2.75, 3.05) is 24.2 Å². The molecule has 1 aliphatic heterocycles. The van der Waals surface area contributed by atoms with E-state index in [1.165, 1.54) is 18.5 Å². The molecule has 0 bridgehead atoms. The van der Waals surface area contributed by atoms with Gasteiger partial charge in [-0.15, -0.1) is 0 Å². The lowest BCUT2D eigenvalue weighted by atomic mass is 10.1. The van der Waals surface area contributed by atoms with E-state index in [9.17, 15) is 0 Å². The Labute approximate surface area is 100 Å². The van der Waals surface area contributed by atoms with Crippen LogP contribution in [0.5, 0.6) is 0 Å². The van der Waals surface area contributed by atoms with E-state index >= 15 is 0 Å². The Kier molecular flexibility index (Phi) is 3.76. The van der Waals surface area contributed by atoms with Crippen LogP contribution in [-0.4, -0.2) is 29.6 Å². The van der Waals surface area contributed by atoms with E-state index in [-0.39, 0.29) is 0 Å². The van der Waals surface area contributed by atoms with Gasteiger partial charge in [-0.25, -0.2) is 4.98 Å². The fourth-order valence-electron chi connectivity index (χ4n) is 1.95. The minimum atomic E-state index is 0.582. The van der Waals surface area contributed by atoms with E-state index in [2.05, 4.69) is 16.1 Å². The summed E-state index contributed by atoms with van der Waals surface area (Å²) in [5.74, 6) is 0. The van der Waals surface area contributed by atoms with Crippen molar-refractivity contribution in [3.05, 3.63) is 23.5 Å². The summed E-state index contributed by atoms with van der Waals surface area (Å²) in [5.41, 5.74) is 1.20. The SMILES string of the molecule is CSC1CCCN(c2ccnc(Cl)c2)C1. The zero-order valence-corrected chi connectivity index (χ0v) is 10.4. The molecule has 0 saturated carbocycles. The first-order chi connectivity index (χ1) is 7.29. The maximum atomic E-state index is 5.89. The molecule has 0 aromatic carbocycles. The summed E-state index contributed by atoms with van der Waals surface area (Å²) in [5, 5.41) is 1.34. The Morgan fingerprint density at radius 2 is 2.47 bits per heavy atom. The number of piperidine rings is 1. The second-order valence-electron chi connectivity index (χ2n) is 3.78. The minimum Gasteiger partial charge on any atom is -0.370 e. The number of thioether (sulfide) groups is 1. The molecule has 1 unspecified atom stereocenters. The highest BCUT2D eigenvalue weighted by atomic mass is 35.5. The van der Waals surface area contributed by atoms with Gasteiger partial charge in [0.15, 0.2) is 0 Å². The number of halogens is 1. The van der Waals surface area contributed by atoms with E-state index in [1.54, 1.807) is 6.20 Å². The first kappa shape index (κ1) is 11.1. The third kappa shape index (κ3) is 2.79. The largest absolute Gasteiger partial charge is 0.370 e. The minimum absolute atomic E-state index is 0.582. The van der Waals surface area contributed by atoms with Crippen molar-refractivity contribution in [1.82, 2.24) is 4.98 Å². The van der Waals surface area contributed by atoms with E-state index < -0.39 is 0 Å². The molecule has 0 amide bonds. The van der Waals surface area contributed by atoms with Gasteiger partial charge in [0.25, 0.3) is 0 Å². The summed E-state index contributed by atoms with van der Waals surface area (Å²) in [6.45, 7) is 2.26. The van der Waals surface area contributed by atoms with E-state index in [4.69, 9.17) is 11.6 Å². The van der Waals surface area contributed by atoms with Gasteiger partial charge in [0.2, 0.25) is 0 Å². The van der Waals surface area contributed by atoms with Crippen molar-refractivity contribution in [2.45, 2.75) is 18.1 Å². The van der Waals surface area contributed by atoms with Crippen molar-refractivity contribution < 1.29 is 0 Å².